The van der Waals surface area contributed by atoms with E-state index in [1.54, 1.807) is 27.0 Å². The maximum absolute atomic E-state index is 11.5. The van der Waals surface area contributed by atoms with Crippen LogP contribution in [0.1, 0.15) is 38.4 Å². The van der Waals surface area contributed by atoms with Gasteiger partial charge in [-0.3, -0.25) is 9.59 Å². The van der Waals surface area contributed by atoms with Crippen molar-refractivity contribution in [1.29, 1.82) is 0 Å². The first-order valence-electron chi connectivity index (χ1n) is 6.33. The second-order valence-electron chi connectivity index (χ2n) is 4.05. The van der Waals surface area contributed by atoms with Gasteiger partial charge in [0.15, 0.2) is 0 Å². The van der Waals surface area contributed by atoms with E-state index >= 15 is 0 Å². The molecule has 19 heavy (non-hydrogen) atoms. The van der Waals surface area contributed by atoms with E-state index in [0.717, 1.165) is 5.56 Å². The molecule has 0 unspecified atom stereocenters. The van der Waals surface area contributed by atoms with Crippen LogP contribution in [0.25, 0.3) is 0 Å². The highest BCUT2D eigenvalue weighted by molar-refractivity contribution is 5.79. The van der Waals surface area contributed by atoms with Gasteiger partial charge in [0, 0.05) is 12.8 Å². The Balaban J connectivity index is 2.92. The Morgan fingerprint density at radius 3 is 2.21 bits per heavy atom. The molecule has 0 fully saturated rings. The highest BCUT2D eigenvalue weighted by Crippen LogP contribution is 2.17. The number of amides is 2. The SMILES string of the molecule is CCC(=O)NC(NC(=O)CC)c1cccc(OC)c1. The summed E-state index contributed by atoms with van der Waals surface area (Å²) in [4.78, 5) is 23.1. The molecule has 0 aliphatic carbocycles. The summed E-state index contributed by atoms with van der Waals surface area (Å²) in [5, 5.41) is 5.55. The van der Waals surface area contributed by atoms with E-state index in [2.05, 4.69) is 10.6 Å². The van der Waals surface area contributed by atoms with Crippen LogP contribution in [0.3, 0.4) is 0 Å². The summed E-state index contributed by atoms with van der Waals surface area (Å²) in [6.45, 7) is 3.53. The lowest BCUT2D eigenvalue weighted by atomic mass is 10.1. The predicted octanol–water partition coefficient (Wildman–Crippen LogP) is 1.75. The summed E-state index contributed by atoms with van der Waals surface area (Å²) in [5.74, 6) is 0.437. The first kappa shape index (κ1) is 15.0. The van der Waals surface area contributed by atoms with E-state index in [4.69, 9.17) is 4.74 Å². The van der Waals surface area contributed by atoms with Crippen LogP contribution in [0.4, 0.5) is 0 Å². The fraction of sp³-hybridized carbons (Fsp3) is 0.429. The van der Waals surface area contributed by atoms with E-state index in [-0.39, 0.29) is 11.8 Å². The quantitative estimate of drug-likeness (QED) is 0.769. The van der Waals surface area contributed by atoms with E-state index in [1.807, 2.05) is 18.2 Å². The molecule has 2 amide bonds. The van der Waals surface area contributed by atoms with E-state index < -0.39 is 6.17 Å². The minimum absolute atomic E-state index is 0.121. The van der Waals surface area contributed by atoms with Crippen molar-refractivity contribution in [3.05, 3.63) is 29.8 Å². The molecule has 1 aromatic carbocycles. The summed E-state index contributed by atoms with van der Waals surface area (Å²) >= 11 is 0. The molecule has 0 atom stereocenters. The second kappa shape index (κ2) is 7.41. The van der Waals surface area contributed by atoms with Gasteiger partial charge in [-0.1, -0.05) is 26.0 Å². The molecular formula is C14H20N2O3. The first-order chi connectivity index (χ1) is 9.10. The zero-order chi connectivity index (χ0) is 14.3. The lowest BCUT2D eigenvalue weighted by Crippen LogP contribution is -2.40. The van der Waals surface area contributed by atoms with Gasteiger partial charge in [0.2, 0.25) is 11.8 Å². The van der Waals surface area contributed by atoms with Crippen LogP contribution in [0, 0.1) is 0 Å². The molecule has 2 N–H and O–H groups in total. The van der Waals surface area contributed by atoms with Crippen LogP contribution in [-0.4, -0.2) is 18.9 Å². The lowest BCUT2D eigenvalue weighted by molar-refractivity contribution is -0.124. The van der Waals surface area contributed by atoms with Crippen molar-refractivity contribution >= 4 is 11.8 Å². The fourth-order valence-electron chi connectivity index (χ4n) is 1.55. The van der Waals surface area contributed by atoms with Crippen molar-refractivity contribution < 1.29 is 14.3 Å². The Morgan fingerprint density at radius 2 is 1.74 bits per heavy atom. The molecule has 104 valence electrons. The molecule has 0 spiro atoms. The zero-order valence-electron chi connectivity index (χ0n) is 11.5. The van der Waals surface area contributed by atoms with Gasteiger partial charge in [0.25, 0.3) is 0 Å². The van der Waals surface area contributed by atoms with Gasteiger partial charge >= 0.3 is 0 Å². The molecule has 5 heteroatoms. The van der Waals surface area contributed by atoms with Crippen molar-refractivity contribution in [1.82, 2.24) is 10.6 Å². The van der Waals surface area contributed by atoms with Crippen molar-refractivity contribution in [2.45, 2.75) is 32.9 Å². The molecule has 1 aromatic rings. The van der Waals surface area contributed by atoms with Crippen LogP contribution in [0.2, 0.25) is 0 Å². The third-order valence-electron chi connectivity index (χ3n) is 2.68. The molecule has 0 heterocycles. The van der Waals surface area contributed by atoms with Gasteiger partial charge in [-0.25, -0.2) is 0 Å². The van der Waals surface area contributed by atoms with E-state index in [9.17, 15) is 9.59 Å². The minimum atomic E-state index is -0.532. The second-order valence-corrected chi connectivity index (χ2v) is 4.05. The molecule has 1 rings (SSSR count). The number of ether oxygens (including phenoxy) is 1. The number of carbonyl (C=O) groups is 2. The zero-order valence-corrected chi connectivity index (χ0v) is 11.5. The maximum atomic E-state index is 11.5. The average Bonchev–Trinajstić information content (AvgIpc) is 2.46. The largest absolute Gasteiger partial charge is 0.497 e. The number of nitrogens with one attached hydrogen (secondary N) is 2. The van der Waals surface area contributed by atoms with Crippen molar-refractivity contribution in [3.63, 3.8) is 0 Å². The van der Waals surface area contributed by atoms with Gasteiger partial charge < -0.3 is 15.4 Å². The Bertz CT molecular complexity index is 428. The molecule has 0 aliphatic heterocycles. The highest BCUT2D eigenvalue weighted by Gasteiger charge is 2.16. The van der Waals surface area contributed by atoms with E-state index in [1.165, 1.54) is 0 Å². The third kappa shape index (κ3) is 4.62. The molecule has 0 radical (unpaired) electrons. The minimum Gasteiger partial charge on any atom is -0.497 e. The van der Waals surface area contributed by atoms with Crippen LogP contribution >= 0.6 is 0 Å². The maximum Gasteiger partial charge on any atom is 0.221 e. The molecule has 0 saturated carbocycles. The van der Waals surface area contributed by atoms with E-state index in [0.29, 0.717) is 18.6 Å². The summed E-state index contributed by atoms with van der Waals surface area (Å²) < 4.78 is 5.14. The van der Waals surface area contributed by atoms with Crippen molar-refractivity contribution in [2.24, 2.45) is 0 Å². The molecule has 0 aliphatic rings. The van der Waals surface area contributed by atoms with Crippen molar-refractivity contribution in [2.75, 3.05) is 7.11 Å². The smallest absolute Gasteiger partial charge is 0.221 e. The number of rotatable bonds is 6. The number of carbonyl (C=O) groups excluding carboxylic acids is 2. The van der Waals surface area contributed by atoms with Gasteiger partial charge in [-0.05, 0) is 17.7 Å². The van der Waals surface area contributed by atoms with Gasteiger partial charge in [-0.2, -0.15) is 0 Å². The summed E-state index contributed by atoms with van der Waals surface area (Å²) in [5.41, 5.74) is 0.781. The fourth-order valence-corrected chi connectivity index (χ4v) is 1.55. The summed E-state index contributed by atoms with van der Waals surface area (Å²) in [7, 11) is 1.57. The van der Waals surface area contributed by atoms with Crippen LogP contribution in [0.15, 0.2) is 24.3 Å². The number of benzene rings is 1. The molecule has 5 nitrogen and oxygen atoms in total. The first-order valence-corrected chi connectivity index (χ1v) is 6.33. The lowest BCUT2D eigenvalue weighted by Gasteiger charge is -2.20. The number of hydrogen-bond acceptors (Lipinski definition) is 3. The van der Waals surface area contributed by atoms with Gasteiger partial charge in [0.1, 0.15) is 11.9 Å². The third-order valence-corrected chi connectivity index (χ3v) is 2.68. The Morgan fingerprint density at radius 1 is 1.16 bits per heavy atom. The predicted molar refractivity (Wildman–Crippen MR) is 72.6 cm³/mol. The molecule has 0 bridgehead atoms. The number of hydrogen-bond donors (Lipinski definition) is 2. The standard InChI is InChI=1S/C14H20N2O3/c1-4-12(17)15-14(16-13(18)5-2)10-7-6-8-11(9-10)19-3/h6-9,14H,4-5H2,1-3H3,(H,15,17)(H,16,18). The van der Waals surface area contributed by atoms with Crippen LogP contribution < -0.4 is 15.4 Å². The Hall–Kier alpha value is -2.04. The molecule has 0 aromatic heterocycles. The molecule has 0 saturated heterocycles. The van der Waals surface area contributed by atoms with Crippen LogP contribution in [0.5, 0.6) is 5.75 Å². The Kier molecular flexibility index (Phi) is 5.85. The molecular weight excluding hydrogens is 244 g/mol. The monoisotopic (exact) mass is 264 g/mol. The van der Waals surface area contributed by atoms with Gasteiger partial charge in [0.05, 0.1) is 7.11 Å². The topological polar surface area (TPSA) is 67.4 Å². The van der Waals surface area contributed by atoms with Gasteiger partial charge in [-0.15, -0.1) is 0 Å². The van der Waals surface area contributed by atoms with Crippen molar-refractivity contribution in [3.8, 4) is 5.75 Å². The normalized spacial score (nSPS) is 10.1. The Labute approximate surface area is 113 Å². The summed E-state index contributed by atoms with van der Waals surface area (Å²) in [6.07, 6.45) is 0.195. The highest BCUT2D eigenvalue weighted by atomic mass is 16.5. The summed E-state index contributed by atoms with van der Waals surface area (Å²) in [6, 6.07) is 7.25. The van der Waals surface area contributed by atoms with Crippen LogP contribution in [-0.2, 0) is 9.59 Å². The number of methoxy groups -OCH3 is 1. The average molecular weight is 264 g/mol.